The van der Waals surface area contributed by atoms with Crippen LogP contribution in [-0.2, 0) is 11.3 Å². The van der Waals surface area contributed by atoms with Crippen molar-refractivity contribution in [2.24, 2.45) is 0 Å². The number of rotatable bonds is 4. The van der Waals surface area contributed by atoms with Crippen LogP contribution in [0.5, 0.6) is 0 Å². The van der Waals surface area contributed by atoms with Gasteiger partial charge in [-0.2, -0.15) is 0 Å². The van der Waals surface area contributed by atoms with Crippen LogP contribution in [0.4, 0.5) is 5.82 Å². The van der Waals surface area contributed by atoms with Crippen LogP contribution in [-0.4, -0.2) is 27.7 Å². The second kappa shape index (κ2) is 4.06. The van der Waals surface area contributed by atoms with Crippen molar-refractivity contribution < 1.29 is 4.74 Å². The number of nitrogens with zero attached hydrogens (tertiary/aromatic N) is 3. The molecular weight excluding hydrogens is 156 g/mol. The lowest BCUT2D eigenvalue weighted by Gasteiger charge is -2.05. The zero-order valence-corrected chi connectivity index (χ0v) is 7.40. The Kier molecular flexibility index (Phi) is 3.04. The summed E-state index contributed by atoms with van der Waals surface area (Å²) < 4.78 is 6.99. The molecule has 0 fully saturated rings. The van der Waals surface area contributed by atoms with Crippen LogP contribution in [0, 0.1) is 0 Å². The molecule has 1 aromatic heterocycles. The number of nitrogens with two attached hydrogens (primary N) is 1. The Morgan fingerprint density at radius 2 is 2.42 bits per heavy atom. The highest BCUT2D eigenvalue weighted by atomic mass is 16.5. The van der Waals surface area contributed by atoms with Gasteiger partial charge in [0, 0.05) is 0 Å². The van der Waals surface area contributed by atoms with Gasteiger partial charge < -0.3 is 10.5 Å². The van der Waals surface area contributed by atoms with E-state index in [1.54, 1.807) is 10.9 Å². The maximum Gasteiger partial charge on any atom is 0.165 e. The molecule has 68 valence electrons. The van der Waals surface area contributed by atoms with Gasteiger partial charge in [-0.1, -0.05) is 5.21 Å². The van der Waals surface area contributed by atoms with E-state index in [1.165, 1.54) is 0 Å². The largest absolute Gasteiger partial charge is 0.381 e. The van der Waals surface area contributed by atoms with Crippen LogP contribution in [0.3, 0.4) is 0 Å². The van der Waals surface area contributed by atoms with Crippen LogP contribution < -0.4 is 5.73 Å². The van der Waals surface area contributed by atoms with Gasteiger partial charge in [0.25, 0.3) is 0 Å². The van der Waals surface area contributed by atoms with Gasteiger partial charge in [0.05, 0.1) is 25.5 Å². The number of hydrogen-bond acceptors (Lipinski definition) is 4. The first kappa shape index (κ1) is 8.99. The summed E-state index contributed by atoms with van der Waals surface area (Å²) in [5, 5.41) is 7.42. The minimum Gasteiger partial charge on any atom is -0.381 e. The highest BCUT2D eigenvalue weighted by Gasteiger charge is 1.96. The number of nitrogen functional groups attached to an aromatic ring is 1. The summed E-state index contributed by atoms with van der Waals surface area (Å²) in [7, 11) is 0. The first-order valence-corrected chi connectivity index (χ1v) is 3.95. The summed E-state index contributed by atoms with van der Waals surface area (Å²) >= 11 is 0. The molecule has 5 heteroatoms. The Labute approximate surface area is 71.5 Å². The van der Waals surface area contributed by atoms with Gasteiger partial charge in [-0.15, -0.1) is 5.10 Å². The van der Waals surface area contributed by atoms with Gasteiger partial charge in [0.15, 0.2) is 5.82 Å². The molecule has 12 heavy (non-hydrogen) atoms. The van der Waals surface area contributed by atoms with Crippen molar-refractivity contribution in [2.45, 2.75) is 26.5 Å². The molecule has 0 radical (unpaired) electrons. The number of anilines is 1. The molecule has 0 aromatic carbocycles. The molecule has 0 aliphatic rings. The lowest BCUT2D eigenvalue weighted by Crippen LogP contribution is -2.10. The smallest absolute Gasteiger partial charge is 0.165 e. The molecule has 0 atom stereocenters. The summed E-state index contributed by atoms with van der Waals surface area (Å²) in [6, 6.07) is 0. The Balaban J connectivity index is 2.24. The lowest BCUT2D eigenvalue weighted by molar-refractivity contribution is 0.0707. The molecule has 1 aromatic rings. The Bertz CT molecular complexity index is 233. The average molecular weight is 170 g/mol. The van der Waals surface area contributed by atoms with E-state index in [1.807, 2.05) is 13.8 Å². The summed E-state index contributed by atoms with van der Waals surface area (Å²) in [4.78, 5) is 0. The summed E-state index contributed by atoms with van der Waals surface area (Å²) in [5.41, 5.74) is 5.37. The van der Waals surface area contributed by atoms with E-state index >= 15 is 0 Å². The molecule has 0 unspecified atom stereocenters. The van der Waals surface area contributed by atoms with Gasteiger partial charge >= 0.3 is 0 Å². The Hall–Kier alpha value is -1.10. The zero-order chi connectivity index (χ0) is 8.97. The van der Waals surface area contributed by atoms with E-state index in [4.69, 9.17) is 10.5 Å². The molecule has 2 N–H and O–H groups in total. The monoisotopic (exact) mass is 170 g/mol. The highest BCUT2D eigenvalue weighted by Crippen LogP contribution is 1.93. The molecular formula is C7H14N4O. The number of ether oxygens (including phenoxy) is 1. The van der Waals surface area contributed by atoms with Crippen molar-refractivity contribution >= 4 is 5.82 Å². The van der Waals surface area contributed by atoms with Gasteiger partial charge in [-0.25, -0.2) is 4.68 Å². The van der Waals surface area contributed by atoms with Crippen molar-refractivity contribution in [2.75, 3.05) is 12.3 Å². The van der Waals surface area contributed by atoms with Crippen LogP contribution >= 0.6 is 0 Å². The van der Waals surface area contributed by atoms with E-state index < -0.39 is 0 Å². The zero-order valence-electron chi connectivity index (χ0n) is 7.40. The third-order valence-electron chi connectivity index (χ3n) is 1.33. The van der Waals surface area contributed by atoms with Crippen molar-refractivity contribution in [1.82, 2.24) is 15.0 Å². The topological polar surface area (TPSA) is 66.0 Å². The molecule has 0 aliphatic heterocycles. The van der Waals surface area contributed by atoms with E-state index in [-0.39, 0.29) is 6.10 Å². The second-order valence-electron chi connectivity index (χ2n) is 2.83. The van der Waals surface area contributed by atoms with Crippen LogP contribution in [0.1, 0.15) is 13.8 Å². The molecule has 1 rings (SSSR count). The van der Waals surface area contributed by atoms with E-state index in [2.05, 4.69) is 10.3 Å². The normalized spacial score (nSPS) is 10.9. The van der Waals surface area contributed by atoms with Gasteiger partial charge in [-0.3, -0.25) is 0 Å². The molecule has 0 saturated heterocycles. The fourth-order valence-corrected chi connectivity index (χ4v) is 0.805. The van der Waals surface area contributed by atoms with E-state index in [9.17, 15) is 0 Å². The SMILES string of the molecule is CC(C)OCCn1cc(N)nn1. The Morgan fingerprint density at radius 3 is 2.92 bits per heavy atom. The highest BCUT2D eigenvalue weighted by molar-refractivity contribution is 5.19. The third-order valence-corrected chi connectivity index (χ3v) is 1.33. The van der Waals surface area contributed by atoms with Gasteiger partial charge in [0.1, 0.15) is 0 Å². The van der Waals surface area contributed by atoms with Gasteiger partial charge in [-0.05, 0) is 13.8 Å². The molecule has 1 heterocycles. The van der Waals surface area contributed by atoms with Crippen molar-refractivity contribution in [1.29, 1.82) is 0 Å². The summed E-state index contributed by atoms with van der Waals surface area (Å²) in [6.45, 7) is 5.33. The van der Waals surface area contributed by atoms with Gasteiger partial charge in [0.2, 0.25) is 0 Å². The van der Waals surface area contributed by atoms with Crippen LogP contribution in [0.25, 0.3) is 0 Å². The molecule has 0 aliphatic carbocycles. The first-order chi connectivity index (χ1) is 5.68. The molecule has 0 saturated carbocycles. The maximum atomic E-state index is 5.37. The molecule has 0 spiro atoms. The molecule has 5 nitrogen and oxygen atoms in total. The first-order valence-electron chi connectivity index (χ1n) is 3.95. The minimum absolute atomic E-state index is 0.255. The predicted molar refractivity (Wildman–Crippen MR) is 45.5 cm³/mol. The molecule has 0 amide bonds. The molecule has 0 bridgehead atoms. The van der Waals surface area contributed by atoms with Crippen molar-refractivity contribution in [3.63, 3.8) is 0 Å². The van der Waals surface area contributed by atoms with Crippen LogP contribution in [0.15, 0.2) is 6.20 Å². The standard InChI is InChI=1S/C7H14N4O/c1-6(2)12-4-3-11-5-7(8)9-10-11/h5-6H,3-4,8H2,1-2H3. The minimum atomic E-state index is 0.255. The number of aromatic nitrogens is 3. The second-order valence-corrected chi connectivity index (χ2v) is 2.83. The summed E-state index contributed by atoms with van der Waals surface area (Å²) in [6.07, 6.45) is 1.94. The average Bonchev–Trinajstić information content (AvgIpc) is 2.35. The summed E-state index contributed by atoms with van der Waals surface area (Å²) in [5.74, 6) is 0.444. The third kappa shape index (κ3) is 2.87. The predicted octanol–water partition coefficient (Wildman–Crippen LogP) is 0.285. The fraction of sp³-hybridized carbons (Fsp3) is 0.714. The number of hydrogen-bond donors (Lipinski definition) is 1. The lowest BCUT2D eigenvalue weighted by atomic mass is 10.5. The quantitative estimate of drug-likeness (QED) is 0.705. The Morgan fingerprint density at radius 1 is 1.67 bits per heavy atom. The van der Waals surface area contributed by atoms with E-state index in [0.29, 0.717) is 19.0 Å². The van der Waals surface area contributed by atoms with Crippen molar-refractivity contribution in [3.8, 4) is 0 Å². The van der Waals surface area contributed by atoms with Crippen molar-refractivity contribution in [3.05, 3.63) is 6.20 Å². The maximum absolute atomic E-state index is 5.37. The van der Waals surface area contributed by atoms with Crippen LogP contribution in [0.2, 0.25) is 0 Å². The fourth-order valence-electron chi connectivity index (χ4n) is 0.805. The van der Waals surface area contributed by atoms with E-state index in [0.717, 1.165) is 0 Å².